The second kappa shape index (κ2) is 9.43. The number of nitrogens with zero attached hydrogens (tertiary/aromatic N) is 1. The van der Waals surface area contributed by atoms with Crippen LogP contribution < -0.4 is 22.5 Å². The summed E-state index contributed by atoms with van der Waals surface area (Å²) >= 11 is 6.27. The number of halogens is 2. The lowest BCUT2D eigenvalue weighted by Crippen LogP contribution is -2.49. The molecule has 0 saturated carbocycles. The number of carbonyl (C=O) groups excluding carboxylic acids is 2. The molecule has 0 fully saturated rings. The summed E-state index contributed by atoms with van der Waals surface area (Å²) in [6, 6.07) is 14.2. The summed E-state index contributed by atoms with van der Waals surface area (Å²) in [6.07, 6.45) is 0. The first-order valence-electron chi connectivity index (χ1n) is 8.77. The van der Waals surface area contributed by atoms with Gasteiger partial charge >= 0.3 is 0 Å². The standard InChI is InChI=1S/C20H17Br2N5O4/c21-13-8-12(17(28)15(22)18(13)29)16(14(19(30)26-23)20(31)27-24)25-11-6-5-9-3-1-2-4-10(9)7-11/h1-8,14,28-29H,23-24H2,(H,26,30)(H,27,31). The molecule has 31 heavy (non-hydrogen) atoms. The van der Waals surface area contributed by atoms with E-state index in [1.165, 1.54) is 6.07 Å². The van der Waals surface area contributed by atoms with E-state index in [2.05, 4.69) is 36.9 Å². The first-order chi connectivity index (χ1) is 14.8. The fraction of sp³-hybridized carbons (Fsp3) is 0.0500. The van der Waals surface area contributed by atoms with Crippen LogP contribution in [0.4, 0.5) is 5.69 Å². The topological polar surface area (TPSA) is 163 Å². The van der Waals surface area contributed by atoms with Crippen molar-refractivity contribution in [3.8, 4) is 11.5 Å². The smallest absolute Gasteiger partial charge is 0.252 e. The summed E-state index contributed by atoms with van der Waals surface area (Å²) in [5, 5.41) is 22.6. The van der Waals surface area contributed by atoms with Gasteiger partial charge in [0.15, 0.2) is 5.92 Å². The summed E-state index contributed by atoms with van der Waals surface area (Å²) in [7, 11) is 0. The van der Waals surface area contributed by atoms with Gasteiger partial charge in [0.25, 0.3) is 11.8 Å². The lowest BCUT2D eigenvalue weighted by atomic mass is 9.93. The van der Waals surface area contributed by atoms with Gasteiger partial charge in [-0.2, -0.15) is 0 Å². The average Bonchev–Trinajstić information content (AvgIpc) is 2.79. The highest BCUT2D eigenvalue weighted by Crippen LogP contribution is 2.42. The second-order valence-corrected chi connectivity index (χ2v) is 8.04. The Kier molecular flexibility index (Phi) is 6.91. The minimum absolute atomic E-state index is 0.00177. The number of hydrogen-bond donors (Lipinski definition) is 6. The Balaban J connectivity index is 2.31. The number of nitrogens with two attached hydrogens (primary N) is 2. The van der Waals surface area contributed by atoms with Crippen molar-refractivity contribution in [3.05, 3.63) is 63.0 Å². The average molecular weight is 551 g/mol. The molecule has 160 valence electrons. The highest BCUT2D eigenvalue weighted by atomic mass is 79.9. The van der Waals surface area contributed by atoms with Gasteiger partial charge in [0.05, 0.1) is 15.9 Å². The van der Waals surface area contributed by atoms with Gasteiger partial charge in [-0.25, -0.2) is 11.7 Å². The maximum absolute atomic E-state index is 12.5. The Labute approximate surface area is 193 Å². The molecule has 2 amide bonds. The molecule has 3 aromatic carbocycles. The molecule has 3 rings (SSSR count). The summed E-state index contributed by atoms with van der Waals surface area (Å²) in [4.78, 5) is 29.5. The quantitative estimate of drug-likeness (QED) is 0.0939. The van der Waals surface area contributed by atoms with E-state index in [-0.39, 0.29) is 26.0 Å². The van der Waals surface area contributed by atoms with E-state index in [9.17, 15) is 19.8 Å². The minimum Gasteiger partial charge on any atom is -0.506 e. The molecule has 0 aliphatic rings. The van der Waals surface area contributed by atoms with Gasteiger partial charge in [-0.05, 0) is 60.8 Å². The fourth-order valence-corrected chi connectivity index (χ4v) is 4.11. The van der Waals surface area contributed by atoms with E-state index in [4.69, 9.17) is 11.7 Å². The van der Waals surface area contributed by atoms with E-state index in [1.807, 2.05) is 41.2 Å². The first-order valence-corrected chi connectivity index (χ1v) is 10.4. The van der Waals surface area contributed by atoms with Crippen LogP contribution >= 0.6 is 31.9 Å². The molecule has 0 radical (unpaired) electrons. The molecule has 0 atom stereocenters. The SMILES string of the molecule is NNC(=O)C(C(=O)NN)C(=Nc1ccc2ccccc2c1)c1cc(Br)c(O)c(Br)c1O. The highest BCUT2D eigenvalue weighted by molar-refractivity contribution is 9.11. The van der Waals surface area contributed by atoms with Crippen molar-refractivity contribution in [1.82, 2.24) is 10.9 Å². The molecule has 0 bridgehead atoms. The lowest BCUT2D eigenvalue weighted by Gasteiger charge is -2.19. The molecule has 0 aliphatic heterocycles. The third kappa shape index (κ3) is 4.54. The summed E-state index contributed by atoms with van der Waals surface area (Å²) in [5.74, 6) is 6.45. The predicted molar refractivity (Wildman–Crippen MR) is 123 cm³/mol. The van der Waals surface area contributed by atoms with Gasteiger partial charge < -0.3 is 10.2 Å². The molecule has 8 N–H and O–H groups in total. The molecule has 0 heterocycles. The van der Waals surface area contributed by atoms with Crippen molar-refractivity contribution in [1.29, 1.82) is 0 Å². The van der Waals surface area contributed by atoms with Crippen molar-refractivity contribution >= 4 is 65.8 Å². The molecule has 0 spiro atoms. The number of aliphatic imine (C=N–C) groups is 1. The van der Waals surface area contributed by atoms with Crippen molar-refractivity contribution in [2.75, 3.05) is 0 Å². The molecule has 9 nitrogen and oxygen atoms in total. The van der Waals surface area contributed by atoms with Gasteiger partial charge in [-0.3, -0.25) is 25.4 Å². The van der Waals surface area contributed by atoms with Gasteiger partial charge in [-0.15, -0.1) is 0 Å². The Hall–Kier alpha value is -2.99. The van der Waals surface area contributed by atoms with Crippen LogP contribution in [0.15, 0.2) is 62.5 Å². The number of hydrazine groups is 2. The molecule has 3 aromatic rings. The van der Waals surface area contributed by atoms with Crippen LogP contribution in [-0.4, -0.2) is 27.7 Å². The number of amides is 2. The fourth-order valence-electron chi connectivity index (χ4n) is 2.99. The van der Waals surface area contributed by atoms with Gasteiger partial charge in [0, 0.05) is 5.56 Å². The van der Waals surface area contributed by atoms with E-state index < -0.39 is 23.5 Å². The number of nitrogens with one attached hydrogen (secondary N) is 2. The van der Waals surface area contributed by atoms with Crippen LogP contribution in [0.2, 0.25) is 0 Å². The van der Waals surface area contributed by atoms with Crippen molar-refractivity contribution in [2.24, 2.45) is 22.6 Å². The minimum atomic E-state index is -1.60. The third-order valence-corrected chi connectivity index (χ3v) is 5.86. The maximum Gasteiger partial charge on any atom is 0.252 e. The molecule has 11 heteroatoms. The van der Waals surface area contributed by atoms with Gasteiger partial charge in [0.2, 0.25) is 0 Å². The molecule has 0 aromatic heterocycles. The number of benzene rings is 3. The number of rotatable bonds is 5. The van der Waals surface area contributed by atoms with E-state index in [0.717, 1.165) is 10.8 Å². The molecular weight excluding hydrogens is 534 g/mol. The predicted octanol–water partition coefficient (Wildman–Crippen LogP) is 2.49. The van der Waals surface area contributed by atoms with Gasteiger partial charge in [-0.1, -0.05) is 30.3 Å². The highest BCUT2D eigenvalue weighted by Gasteiger charge is 2.35. The number of aromatic hydroxyl groups is 2. The third-order valence-electron chi connectivity index (χ3n) is 4.51. The number of fused-ring (bicyclic) bond motifs is 1. The van der Waals surface area contributed by atoms with Crippen LogP contribution in [0.1, 0.15) is 5.56 Å². The number of hydrogen-bond acceptors (Lipinski definition) is 7. The molecule has 0 aliphatic carbocycles. The van der Waals surface area contributed by atoms with Crippen LogP contribution in [0.5, 0.6) is 11.5 Å². The Morgan fingerprint density at radius 3 is 2.13 bits per heavy atom. The molecule has 0 unspecified atom stereocenters. The Morgan fingerprint density at radius 1 is 0.903 bits per heavy atom. The number of phenols is 2. The van der Waals surface area contributed by atoms with Crippen LogP contribution in [-0.2, 0) is 9.59 Å². The van der Waals surface area contributed by atoms with Crippen molar-refractivity contribution in [2.45, 2.75) is 0 Å². The lowest BCUT2D eigenvalue weighted by molar-refractivity contribution is -0.132. The summed E-state index contributed by atoms with van der Waals surface area (Å²) in [5.41, 5.74) is 4.10. The first kappa shape index (κ1) is 22.7. The van der Waals surface area contributed by atoms with Crippen molar-refractivity contribution < 1.29 is 19.8 Å². The van der Waals surface area contributed by atoms with Crippen LogP contribution in [0, 0.1) is 5.92 Å². The normalized spacial score (nSPS) is 11.6. The van der Waals surface area contributed by atoms with Crippen molar-refractivity contribution in [3.63, 3.8) is 0 Å². The maximum atomic E-state index is 12.5. The largest absolute Gasteiger partial charge is 0.506 e. The van der Waals surface area contributed by atoms with Gasteiger partial charge in [0.1, 0.15) is 16.0 Å². The Bertz CT molecular complexity index is 1200. The summed E-state index contributed by atoms with van der Waals surface area (Å²) < 4.78 is 0.140. The number of phenolic OH excluding ortho intramolecular Hbond substituents is 2. The summed E-state index contributed by atoms with van der Waals surface area (Å²) in [6.45, 7) is 0. The molecular formula is C20H17Br2N5O4. The second-order valence-electron chi connectivity index (χ2n) is 6.40. The zero-order chi connectivity index (χ0) is 22.7. The Morgan fingerprint density at radius 2 is 1.52 bits per heavy atom. The molecule has 0 saturated heterocycles. The van der Waals surface area contributed by atoms with E-state index in [0.29, 0.717) is 5.69 Å². The van der Waals surface area contributed by atoms with Crippen LogP contribution in [0.3, 0.4) is 0 Å². The van der Waals surface area contributed by atoms with Crippen LogP contribution in [0.25, 0.3) is 10.8 Å². The zero-order valence-electron chi connectivity index (χ0n) is 15.8. The number of carbonyl (C=O) groups is 2. The monoisotopic (exact) mass is 549 g/mol. The van der Waals surface area contributed by atoms with E-state index in [1.54, 1.807) is 12.1 Å². The zero-order valence-corrected chi connectivity index (χ0v) is 18.9. The van der Waals surface area contributed by atoms with E-state index >= 15 is 0 Å².